The largest absolute Gasteiger partial charge is 0.460 e. The van der Waals surface area contributed by atoms with Crippen LogP contribution in [0.2, 0.25) is 11.1 Å². The molecule has 51 heavy (non-hydrogen) atoms. The number of hydrogen-bond donors (Lipinski definition) is 0. The molecule has 2 aromatic carbocycles. The molecule has 23 heteroatoms. The van der Waals surface area contributed by atoms with E-state index < -0.39 is 84.6 Å². The molecule has 0 aliphatic carbocycles. The zero-order chi connectivity index (χ0) is 40.6. The molecule has 0 aliphatic rings. The van der Waals surface area contributed by atoms with Crippen molar-refractivity contribution in [2.75, 3.05) is 0 Å². The summed E-state index contributed by atoms with van der Waals surface area (Å²) in [5.74, 6) is -70.7. The fourth-order valence-electron chi connectivity index (χ4n) is 5.36. The van der Waals surface area contributed by atoms with Crippen molar-refractivity contribution in [1.82, 2.24) is 0 Å². The van der Waals surface area contributed by atoms with Crippen LogP contribution in [0, 0.1) is 0 Å². The predicted octanol–water partition coefficient (Wildman–Crippen LogP) is 12.5. The van der Waals surface area contributed by atoms with Gasteiger partial charge in [0.25, 0.3) is 8.32 Å². The van der Waals surface area contributed by atoms with Crippen LogP contribution in [0.1, 0.15) is 46.3 Å². The molecule has 294 valence electrons. The molecule has 2 aromatic rings. The predicted molar refractivity (Wildman–Crippen MR) is 140 cm³/mol. The van der Waals surface area contributed by atoms with Gasteiger partial charge in [0.2, 0.25) is 0 Å². The first-order valence-corrected chi connectivity index (χ1v) is 16.0. The summed E-state index contributed by atoms with van der Waals surface area (Å²) in [5, 5.41) is 0.861. The van der Waals surface area contributed by atoms with Gasteiger partial charge in [0.1, 0.15) is 0 Å². The van der Waals surface area contributed by atoms with Gasteiger partial charge in [-0.2, -0.15) is 83.4 Å². The quantitative estimate of drug-likeness (QED) is 0.137. The van der Waals surface area contributed by atoms with Crippen LogP contribution < -0.4 is 0 Å². The normalized spacial score (nSPS) is 16.4. The Bertz CT molecular complexity index is 1540. The first-order valence-electron chi connectivity index (χ1n) is 14.0. The lowest BCUT2D eigenvalue weighted by Crippen LogP contribution is -2.79. The molecule has 0 bridgehead atoms. The van der Waals surface area contributed by atoms with Crippen LogP contribution in [0.25, 0.3) is 10.8 Å². The average molecular weight is 805 g/mol. The van der Waals surface area contributed by atoms with Crippen LogP contribution in [0.5, 0.6) is 0 Å². The third-order valence-corrected chi connectivity index (χ3v) is 13.8. The van der Waals surface area contributed by atoms with Gasteiger partial charge >= 0.3 is 59.1 Å². The lowest BCUT2D eigenvalue weighted by Gasteiger charge is -2.50. The van der Waals surface area contributed by atoms with Crippen LogP contribution in [0.15, 0.2) is 42.5 Å². The standard InChI is InChI=1S/C28H25F21OSi/c1-13(2)51(14(3)4,50-15(5)17-11-10-16-8-6-7-9-18(16)12-17)28(48,49)26(43,44)24(39,40)22(35,36)20(31,32)19(29,30)21(33,34)23(37,38)25(41,42)27(45,46)47/h6-15H,1-5H3. The summed E-state index contributed by atoms with van der Waals surface area (Å²) in [6.07, 6.45) is -9.87. The highest BCUT2D eigenvalue weighted by atomic mass is 28.4. The second kappa shape index (κ2) is 12.8. The molecular weight excluding hydrogens is 779 g/mol. The van der Waals surface area contributed by atoms with Crippen LogP contribution in [-0.4, -0.2) is 67.4 Å². The van der Waals surface area contributed by atoms with Crippen LogP contribution >= 0.6 is 0 Å². The summed E-state index contributed by atoms with van der Waals surface area (Å²) in [6, 6.07) is 9.75. The molecule has 0 saturated carbocycles. The van der Waals surface area contributed by atoms with Crippen molar-refractivity contribution in [3.8, 4) is 0 Å². The number of fused-ring (bicyclic) bond motifs is 1. The topological polar surface area (TPSA) is 9.23 Å². The third kappa shape index (κ3) is 5.93. The molecule has 0 spiro atoms. The van der Waals surface area contributed by atoms with Gasteiger partial charge in [0.15, 0.2) is 0 Å². The van der Waals surface area contributed by atoms with E-state index in [9.17, 15) is 74.6 Å². The monoisotopic (exact) mass is 804 g/mol. The summed E-state index contributed by atoms with van der Waals surface area (Å²) in [4.78, 5) is 0. The van der Waals surface area contributed by atoms with Crippen molar-refractivity contribution < 1.29 is 96.6 Å². The Morgan fingerprint density at radius 1 is 0.431 bits per heavy atom. The molecule has 0 amide bonds. The smallest absolute Gasteiger partial charge is 0.403 e. The minimum Gasteiger partial charge on any atom is -0.403 e. The maximum atomic E-state index is 16.0. The maximum absolute atomic E-state index is 16.0. The lowest BCUT2D eigenvalue weighted by atomic mass is 9.87. The molecule has 1 atom stereocenters. The van der Waals surface area contributed by atoms with Crippen molar-refractivity contribution in [3.63, 3.8) is 0 Å². The molecule has 0 fully saturated rings. The van der Waals surface area contributed by atoms with Gasteiger partial charge in [-0.1, -0.05) is 64.1 Å². The second-order valence-electron chi connectivity index (χ2n) is 12.1. The summed E-state index contributed by atoms with van der Waals surface area (Å²) >= 11 is 0. The number of halogens is 21. The SMILES string of the molecule is CC(O[Si](C(C)C)(C(C)C)C(F)(F)C(F)(F)C(F)(F)C(F)(F)C(F)(F)C(F)(F)C(F)(F)C(F)(F)C(F)(F)C(F)(F)F)c1ccc2ccccc2c1. The molecular formula is C28H25F21OSi. The maximum Gasteiger partial charge on any atom is 0.460 e. The fraction of sp³-hybridized carbons (Fsp3) is 0.643. The lowest BCUT2D eigenvalue weighted by molar-refractivity contribution is -0.472. The summed E-state index contributed by atoms with van der Waals surface area (Å²) in [7, 11) is -6.35. The van der Waals surface area contributed by atoms with E-state index in [0.29, 0.717) is 38.5 Å². The zero-order valence-electron chi connectivity index (χ0n) is 26.1. The Morgan fingerprint density at radius 3 is 1.12 bits per heavy atom. The fourth-order valence-corrected chi connectivity index (χ4v) is 10.2. The molecule has 2 rings (SSSR count). The number of rotatable bonds is 14. The summed E-state index contributed by atoms with van der Waals surface area (Å²) in [5.41, 5.74) is -11.2. The van der Waals surface area contributed by atoms with Gasteiger partial charge in [-0.15, -0.1) is 0 Å². The minimum absolute atomic E-state index is 0.145. The Kier molecular flexibility index (Phi) is 11.2. The Labute approximate surface area is 275 Å². The van der Waals surface area contributed by atoms with E-state index in [1.165, 1.54) is 24.3 Å². The second-order valence-corrected chi connectivity index (χ2v) is 16.9. The van der Waals surface area contributed by atoms with Gasteiger partial charge < -0.3 is 4.43 Å². The van der Waals surface area contributed by atoms with Gasteiger partial charge in [-0.3, -0.25) is 0 Å². The van der Waals surface area contributed by atoms with Crippen molar-refractivity contribution in [2.45, 2.75) is 111 Å². The van der Waals surface area contributed by atoms with E-state index in [2.05, 4.69) is 0 Å². The highest BCUT2D eigenvalue weighted by Gasteiger charge is 2.98. The van der Waals surface area contributed by atoms with Gasteiger partial charge in [-0.05, 0) is 40.4 Å². The Morgan fingerprint density at radius 2 is 0.765 bits per heavy atom. The van der Waals surface area contributed by atoms with E-state index >= 15 is 17.6 Å². The number of alkyl halides is 21. The Balaban J connectivity index is 2.80. The van der Waals surface area contributed by atoms with E-state index in [1.54, 1.807) is 12.1 Å². The van der Waals surface area contributed by atoms with Crippen molar-refractivity contribution in [3.05, 3.63) is 48.0 Å². The van der Waals surface area contributed by atoms with Crippen LogP contribution in [-0.2, 0) is 4.43 Å². The highest BCUT2D eigenvalue weighted by Crippen LogP contribution is 2.67. The van der Waals surface area contributed by atoms with Crippen LogP contribution in [0.3, 0.4) is 0 Å². The molecule has 1 unspecified atom stereocenters. The first kappa shape index (κ1) is 44.6. The average Bonchev–Trinajstić information content (AvgIpc) is 2.97. The van der Waals surface area contributed by atoms with E-state index in [-0.39, 0.29) is 5.56 Å². The molecule has 1 nitrogen and oxygen atoms in total. The van der Waals surface area contributed by atoms with Gasteiger partial charge in [0, 0.05) is 0 Å². The minimum atomic E-state index is -9.22. The van der Waals surface area contributed by atoms with E-state index in [1.807, 2.05) is 0 Å². The van der Waals surface area contributed by atoms with Gasteiger partial charge in [0.05, 0.1) is 6.10 Å². The van der Waals surface area contributed by atoms with Crippen molar-refractivity contribution in [1.29, 1.82) is 0 Å². The zero-order valence-corrected chi connectivity index (χ0v) is 27.1. The molecule has 0 N–H and O–H groups in total. The molecule has 0 saturated heterocycles. The summed E-state index contributed by atoms with van der Waals surface area (Å²) in [6.45, 7) is 3.29. The Hall–Kier alpha value is -2.59. The van der Waals surface area contributed by atoms with Crippen molar-refractivity contribution in [2.24, 2.45) is 0 Å². The molecule has 0 heterocycles. The van der Waals surface area contributed by atoms with Crippen LogP contribution in [0.4, 0.5) is 92.2 Å². The third-order valence-electron chi connectivity index (χ3n) is 8.33. The number of hydrogen-bond acceptors (Lipinski definition) is 1. The summed E-state index contributed by atoms with van der Waals surface area (Å²) < 4.78 is 302. The highest BCUT2D eigenvalue weighted by molar-refractivity contribution is 6.79. The van der Waals surface area contributed by atoms with E-state index in [4.69, 9.17) is 4.43 Å². The molecule has 0 aliphatic heterocycles. The number of benzene rings is 2. The first-order chi connectivity index (χ1) is 22.3. The van der Waals surface area contributed by atoms with Gasteiger partial charge in [-0.25, -0.2) is 8.78 Å². The molecule has 0 aromatic heterocycles. The van der Waals surface area contributed by atoms with E-state index in [0.717, 1.165) is 13.0 Å². The molecule has 0 radical (unpaired) electrons. The van der Waals surface area contributed by atoms with Crippen molar-refractivity contribution >= 4 is 19.1 Å².